The van der Waals surface area contributed by atoms with E-state index in [2.05, 4.69) is 10.9 Å². The molecule has 1 rings (SSSR count). The van der Waals surface area contributed by atoms with Crippen molar-refractivity contribution in [2.24, 2.45) is 5.92 Å². The molecule has 7 heteroatoms. The van der Waals surface area contributed by atoms with Gasteiger partial charge in [-0.15, -0.1) is 0 Å². The quantitative estimate of drug-likeness (QED) is 0.666. The average Bonchev–Trinajstić information content (AvgIpc) is 2.30. The van der Waals surface area contributed by atoms with Crippen molar-refractivity contribution in [3.8, 4) is 0 Å². The molecule has 0 aliphatic rings. The first-order chi connectivity index (χ1) is 8.81. The molecule has 2 N–H and O–H groups in total. The summed E-state index contributed by atoms with van der Waals surface area (Å²) < 4.78 is 13.2. The van der Waals surface area contributed by atoms with Crippen molar-refractivity contribution in [2.45, 2.75) is 20.3 Å². The fourth-order valence-corrected chi connectivity index (χ4v) is 1.78. The van der Waals surface area contributed by atoms with Crippen molar-refractivity contribution < 1.29 is 14.0 Å². The lowest BCUT2D eigenvalue weighted by Gasteiger charge is -2.10. The summed E-state index contributed by atoms with van der Waals surface area (Å²) in [5, 5.41) is -0.174. The van der Waals surface area contributed by atoms with E-state index in [4.69, 9.17) is 23.2 Å². The Bertz CT molecular complexity index is 507. The van der Waals surface area contributed by atoms with Crippen LogP contribution in [0.3, 0.4) is 0 Å². The first-order valence-corrected chi connectivity index (χ1v) is 6.30. The van der Waals surface area contributed by atoms with Gasteiger partial charge in [-0.25, -0.2) is 4.39 Å². The molecule has 2 amide bonds. The highest BCUT2D eigenvalue weighted by Gasteiger charge is 2.15. The minimum atomic E-state index is -0.760. The van der Waals surface area contributed by atoms with Crippen LogP contribution in [0, 0.1) is 11.7 Å². The fourth-order valence-electron chi connectivity index (χ4n) is 1.31. The first kappa shape index (κ1) is 15.7. The van der Waals surface area contributed by atoms with Crippen LogP contribution in [0.4, 0.5) is 4.39 Å². The van der Waals surface area contributed by atoms with Crippen molar-refractivity contribution in [1.82, 2.24) is 10.9 Å². The van der Waals surface area contributed by atoms with Gasteiger partial charge in [0.2, 0.25) is 5.91 Å². The summed E-state index contributed by atoms with van der Waals surface area (Å²) in [6.07, 6.45) is 0.267. The lowest BCUT2D eigenvalue weighted by atomic mass is 10.1. The predicted octanol–water partition coefficient (Wildman–Crippen LogP) is 2.94. The van der Waals surface area contributed by atoms with Crippen LogP contribution in [-0.2, 0) is 4.79 Å². The largest absolute Gasteiger partial charge is 0.273 e. The average molecular weight is 307 g/mol. The van der Waals surface area contributed by atoms with Crippen molar-refractivity contribution in [1.29, 1.82) is 0 Å². The molecule has 1 aromatic carbocycles. The highest BCUT2D eigenvalue weighted by Crippen LogP contribution is 2.24. The Morgan fingerprint density at radius 1 is 1.21 bits per heavy atom. The zero-order chi connectivity index (χ0) is 14.6. The Labute approximate surface area is 120 Å². The molecule has 0 radical (unpaired) electrons. The van der Waals surface area contributed by atoms with Gasteiger partial charge in [-0.05, 0) is 18.1 Å². The zero-order valence-corrected chi connectivity index (χ0v) is 11.9. The number of benzene rings is 1. The number of carbonyl (C=O) groups is 2. The monoisotopic (exact) mass is 306 g/mol. The third-order valence-electron chi connectivity index (χ3n) is 2.16. The maximum Gasteiger partial charge on any atom is 0.271 e. The number of nitrogens with one attached hydrogen (secondary N) is 2. The molecule has 0 atom stereocenters. The van der Waals surface area contributed by atoms with E-state index in [1.54, 1.807) is 0 Å². The number of amides is 2. The second-order valence-corrected chi connectivity index (χ2v) is 5.16. The molecule has 0 heterocycles. The number of rotatable bonds is 3. The van der Waals surface area contributed by atoms with Gasteiger partial charge in [0, 0.05) is 6.42 Å². The SMILES string of the molecule is CC(C)CC(=O)NNC(=O)c1cc(F)c(Cl)cc1Cl. The Morgan fingerprint density at radius 2 is 1.84 bits per heavy atom. The Balaban J connectivity index is 2.69. The summed E-state index contributed by atoms with van der Waals surface area (Å²) in [6, 6.07) is 2.04. The molecule has 0 unspecified atom stereocenters. The summed E-state index contributed by atoms with van der Waals surface area (Å²) >= 11 is 11.3. The van der Waals surface area contributed by atoms with Gasteiger partial charge in [0.15, 0.2) is 0 Å². The molecule has 104 valence electrons. The lowest BCUT2D eigenvalue weighted by Crippen LogP contribution is -2.42. The van der Waals surface area contributed by atoms with Crippen molar-refractivity contribution in [3.05, 3.63) is 33.6 Å². The van der Waals surface area contributed by atoms with Crippen LogP contribution in [-0.4, -0.2) is 11.8 Å². The standard InChI is InChI=1S/C12H13Cl2FN2O2/c1-6(2)3-11(18)16-17-12(19)7-4-10(15)9(14)5-8(7)13/h4-6H,3H2,1-2H3,(H,16,18)(H,17,19). The van der Waals surface area contributed by atoms with Gasteiger partial charge < -0.3 is 0 Å². The van der Waals surface area contributed by atoms with Crippen molar-refractivity contribution in [3.63, 3.8) is 0 Å². The Kier molecular flexibility index (Phi) is 5.57. The van der Waals surface area contributed by atoms with Gasteiger partial charge >= 0.3 is 0 Å². The normalized spacial score (nSPS) is 10.4. The van der Waals surface area contributed by atoms with Crippen LogP contribution >= 0.6 is 23.2 Å². The smallest absolute Gasteiger partial charge is 0.271 e. The molecule has 0 aromatic heterocycles. The first-order valence-electron chi connectivity index (χ1n) is 5.55. The summed E-state index contributed by atoms with van der Waals surface area (Å²) in [7, 11) is 0. The van der Waals surface area contributed by atoms with Gasteiger partial charge in [-0.2, -0.15) is 0 Å². The minimum Gasteiger partial charge on any atom is -0.273 e. The molecule has 19 heavy (non-hydrogen) atoms. The molecular weight excluding hydrogens is 294 g/mol. The van der Waals surface area contributed by atoms with Crippen LogP contribution in [0.1, 0.15) is 30.6 Å². The van der Waals surface area contributed by atoms with Gasteiger partial charge in [0.1, 0.15) is 5.82 Å². The van der Waals surface area contributed by atoms with Gasteiger partial charge in [0.05, 0.1) is 15.6 Å². The molecule has 4 nitrogen and oxygen atoms in total. The van der Waals surface area contributed by atoms with Gasteiger partial charge in [-0.1, -0.05) is 37.0 Å². The Morgan fingerprint density at radius 3 is 2.42 bits per heavy atom. The van der Waals surface area contributed by atoms with Crippen LogP contribution in [0.15, 0.2) is 12.1 Å². The highest BCUT2D eigenvalue weighted by molar-refractivity contribution is 6.36. The van der Waals surface area contributed by atoms with E-state index < -0.39 is 11.7 Å². The summed E-state index contributed by atoms with van der Waals surface area (Å²) in [5.74, 6) is -1.65. The van der Waals surface area contributed by atoms with Crippen molar-refractivity contribution in [2.75, 3.05) is 0 Å². The number of carbonyl (C=O) groups excluding carboxylic acids is 2. The van der Waals surface area contributed by atoms with E-state index in [1.807, 2.05) is 13.8 Å². The third kappa shape index (κ3) is 4.69. The molecule has 1 aromatic rings. The minimum absolute atomic E-state index is 0.00186. The van der Waals surface area contributed by atoms with Crippen LogP contribution in [0.5, 0.6) is 0 Å². The lowest BCUT2D eigenvalue weighted by molar-refractivity contribution is -0.122. The van der Waals surface area contributed by atoms with Crippen LogP contribution < -0.4 is 10.9 Å². The van der Waals surface area contributed by atoms with E-state index in [-0.39, 0.29) is 33.9 Å². The number of hydrogen-bond donors (Lipinski definition) is 2. The second kappa shape index (κ2) is 6.73. The fraction of sp³-hybridized carbons (Fsp3) is 0.333. The van der Waals surface area contributed by atoms with Crippen molar-refractivity contribution >= 4 is 35.0 Å². The molecule has 0 fully saturated rings. The predicted molar refractivity (Wildman–Crippen MR) is 71.5 cm³/mol. The molecule has 0 saturated heterocycles. The van der Waals surface area contributed by atoms with E-state index in [1.165, 1.54) is 0 Å². The molecule has 0 bridgehead atoms. The molecular formula is C12H13Cl2FN2O2. The zero-order valence-electron chi connectivity index (χ0n) is 10.4. The summed E-state index contributed by atoms with van der Waals surface area (Å²) in [4.78, 5) is 23.0. The molecule has 0 aliphatic carbocycles. The maximum atomic E-state index is 13.2. The third-order valence-corrected chi connectivity index (χ3v) is 2.77. The highest BCUT2D eigenvalue weighted by atomic mass is 35.5. The topological polar surface area (TPSA) is 58.2 Å². The molecule has 0 spiro atoms. The maximum absolute atomic E-state index is 13.2. The number of hydrogen-bond acceptors (Lipinski definition) is 2. The second-order valence-electron chi connectivity index (χ2n) is 4.35. The number of hydrazine groups is 1. The van der Waals surface area contributed by atoms with Gasteiger partial charge in [0.25, 0.3) is 5.91 Å². The van der Waals surface area contributed by atoms with E-state index in [9.17, 15) is 14.0 Å². The van der Waals surface area contributed by atoms with Crippen LogP contribution in [0.2, 0.25) is 10.0 Å². The number of halogens is 3. The van der Waals surface area contributed by atoms with E-state index >= 15 is 0 Å². The molecule has 0 saturated carbocycles. The van der Waals surface area contributed by atoms with E-state index in [0.717, 1.165) is 12.1 Å². The van der Waals surface area contributed by atoms with E-state index in [0.29, 0.717) is 0 Å². The summed E-state index contributed by atoms with van der Waals surface area (Å²) in [5.41, 5.74) is 4.28. The van der Waals surface area contributed by atoms with Crippen LogP contribution in [0.25, 0.3) is 0 Å². The Hall–Kier alpha value is -1.33. The summed E-state index contributed by atoms with van der Waals surface area (Å²) in [6.45, 7) is 3.74. The molecule has 0 aliphatic heterocycles. The van der Waals surface area contributed by atoms with Gasteiger partial charge in [-0.3, -0.25) is 20.4 Å².